The second kappa shape index (κ2) is 15.8. The van der Waals surface area contributed by atoms with E-state index in [1.54, 1.807) is 0 Å². The number of rotatable bonds is 13. The quantitative estimate of drug-likeness (QED) is 0.176. The smallest absolute Gasteiger partial charge is 0.140 e. The summed E-state index contributed by atoms with van der Waals surface area (Å²) in [4.78, 5) is 14.0. The summed E-state index contributed by atoms with van der Waals surface area (Å²) >= 11 is 0. The van der Waals surface area contributed by atoms with E-state index in [9.17, 15) is 4.79 Å². The monoisotopic (exact) mass is 608 g/mol. The van der Waals surface area contributed by atoms with Gasteiger partial charge < -0.3 is 0 Å². The van der Waals surface area contributed by atoms with Crippen LogP contribution < -0.4 is 0 Å². The zero-order valence-electron chi connectivity index (χ0n) is 27.9. The summed E-state index contributed by atoms with van der Waals surface area (Å²) in [6.45, 7) is 2.22. The third-order valence-electron chi connectivity index (χ3n) is 11.2. The molecular formula is C45H52O. The first-order valence-corrected chi connectivity index (χ1v) is 18.2. The van der Waals surface area contributed by atoms with E-state index in [0.717, 1.165) is 43.6 Å². The Kier molecular flexibility index (Phi) is 11.1. The number of aryl methyl sites for hydroxylation is 2. The van der Waals surface area contributed by atoms with Crippen molar-refractivity contribution in [3.8, 4) is 12.3 Å². The molecule has 0 aromatic heterocycles. The predicted molar refractivity (Wildman–Crippen MR) is 194 cm³/mol. The molecule has 2 unspecified atom stereocenters. The van der Waals surface area contributed by atoms with Crippen molar-refractivity contribution in [1.82, 2.24) is 0 Å². The second-order valence-corrected chi connectivity index (χ2v) is 14.6. The van der Waals surface area contributed by atoms with Gasteiger partial charge in [0.25, 0.3) is 0 Å². The number of hydrogen-bond donors (Lipinski definition) is 0. The highest BCUT2D eigenvalue weighted by Gasteiger charge is 2.33. The van der Waals surface area contributed by atoms with Crippen LogP contribution in [0.5, 0.6) is 0 Å². The third-order valence-corrected chi connectivity index (χ3v) is 11.2. The predicted octanol–water partition coefficient (Wildman–Crippen LogP) is 11.1. The maximum absolute atomic E-state index is 14.0. The molecule has 3 aliphatic carbocycles. The first kappa shape index (κ1) is 32.3. The second-order valence-electron chi connectivity index (χ2n) is 14.6. The Morgan fingerprint density at radius 3 is 2.30 bits per heavy atom. The van der Waals surface area contributed by atoms with E-state index in [0.29, 0.717) is 30.0 Å². The molecule has 0 bridgehead atoms. The van der Waals surface area contributed by atoms with E-state index in [1.165, 1.54) is 84.8 Å². The van der Waals surface area contributed by atoms with Crippen molar-refractivity contribution in [2.75, 3.05) is 0 Å². The lowest BCUT2D eigenvalue weighted by atomic mass is 9.70. The minimum absolute atomic E-state index is 0.0212. The number of allylic oxidation sites excluding steroid dienone is 4. The Labute approximate surface area is 278 Å². The van der Waals surface area contributed by atoms with Crippen molar-refractivity contribution in [2.24, 2.45) is 23.7 Å². The van der Waals surface area contributed by atoms with Crippen LogP contribution in [0.2, 0.25) is 0 Å². The van der Waals surface area contributed by atoms with Gasteiger partial charge in [0.05, 0.1) is 0 Å². The fraction of sp³-hybridized carbons (Fsp3) is 0.444. The first-order chi connectivity index (χ1) is 22.6. The van der Waals surface area contributed by atoms with Crippen LogP contribution in [-0.2, 0) is 24.1 Å². The molecule has 3 aromatic rings. The van der Waals surface area contributed by atoms with Crippen LogP contribution in [0.4, 0.5) is 0 Å². The molecule has 0 amide bonds. The van der Waals surface area contributed by atoms with Crippen molar-refractivity contribution >= 4 is 11.4 Å². The van der Waals surface area contributed by atoms with Crippen molar-refractivity contribution < 1.29 is 4.79 Å². The summed E-state index contributed by atoms with van der Waals surface area (Å²) in [5.74, 6) is 5.84. The van der Waals surface area contributed by atoms with Crippen LogP contribution in [0.15, 0.2) is 91.0 Å². The molecule has 0 heterocycles. The minimum atomic E-state index is -0.0212. The summed E-state index contributed by atoms with van der Waals surface area (Å²) < 4.78 is 0. The van der Waals surface area contributed by atoms with Gasteiger partial charge >= 0.3 is 0 Å². The van der Waals surface area contributed by atoms with E-state index in [4.69, 9.17) is 6.42 Å². The first-order valence-electron chi connectivity index (χ1n) is 18.2. The zero-order chi connectivity index (χ0) is 31.7. The lowest BCUT2D eigenvalue weighted by Gasteiger charge is -2.34. The molecule has 2 fully saturated rings. The van der Waals surface area contributed by atoms with Gasteiger partial charge in [-0.25, -0.2) is 0 Å². The molecule has 2 saturated carbocycles. The van der Waals surface area contributed by atoms with Crippen LogP contribution >= 0.6 is 0 Å². The van der Waals surface area contributed by atoms with E-state index in [1.807, 2.05) is 6.07 Å². The lowest BCUT2D eigenvalue weighted by molar-refractivity contribution is -0.122. The van der Waals surface area contributed by atoms with Crippen LogP contribution in [0.3, 0.4) is 0 Å². The summed E-state index contributed by atoms with van der Waals surface area (Å²) in [6.07, 6.45) is 29.3. The van der Waals surface area contributed by atoms with Crippen molar-refractivity contribution in [1.29, 1.82) is 0 Å². The van der Waals surface area contributed by atoms with Crippen LogP contribution in [0.1, 0.15) is 117 Å². The molecule has 46 heavy (non-hydrogen) atoms. The van der Waals surface area contributed by atoms with Gasteiger partial charge in [0.1, 0.15) is 5.78 Å². The molecule has 0 aliphatic heterocycles. The Bertz CT molecular complexity index is 1530. The van der Waals surface area contributed by atoms with Gasteiger partial charge in [-0.1, -0.05) is 130 Å². The maximum atomic E-state index is 14.0. The largest absolute Gasteiger partial charge is 0.299 e. The normalized spacial score (nSPS) is 22.0. The molecule has 0 N–H and O–H groups in total. The van der Waals surface area contributed by atoms with Crippen molar-refractivity contribution in [3.05, 3.63) is 124 Å². The molecular weight excluding hydrogens is 556 g/mol. The highest BCUT2D eigenvalue weighted by atomic mass is 16.1. The number of ketones is 1. The molecule has 1 heteroatoms. The summed E-state index contributed by atoms with van der Waals surface area (Å²) in [5, 5.41) is 0. The Balaban J connectivity index is 1.10. The Morgan fingerprint density at radius 2 is 1.61 bits per heavy atom. The fourth-order valence-corrected chi connectivity index (χ4v) is 8.57. The Hall–Kier alpha value is -3.63. The highest BCUT2D eigenvalue weighted by molar-refractivity contribution is 5.86. The maximum Gasteiger partial charge on any atom is 0.140 e. The summed E-state index contributed by atoms with van der Waals surface area (Å²) in [5.41, 5.74) is 8.88. The van der Waals surface area contributed by atoms with E-state index in [-0.39, 0.29) is 5.92 Å². The van der Waals surface area contributed by atoms with Gasteiger partial charge in [0.15, 0.2) is 0 Å². The van der Waals surface area contributed by atoms with E-state index < -0.39 is 0 Å². The van der Waals surface area contributed by atoms with Crippen molar-refractivity contribution in [3.63, 3.8) is 0 Å². The molecule has 238 valence electrons. The topological polar surface area (TPSA) is 17.1 Å². The van der Waals surface area contributed by atoms with Crippen LogP contribution in [0, 0.1) is 36.0 Å². The number of benzene rings is 3. The molecule has 3 aliphatic rings. The number of Topliss-reactive ketones (excluding diaryl/α,β-unsaturated/α-hetero) is 1. The van der Waals surface area contributed by atoms with Gasteiger partial charge in [-0.15, -0.1) is 6.42 Å². The molecule has 2 atom stereocenters. The van der Waals surface area contributed by atoms with Gasteiger partial charge in [0, 0.05) is 17.9 Å². The van der Waals surface area contributed by atoms with E-state index in [2.05, 4.69) is 97.8 Å². The lowest BCUT2D eigenvalue weighted by Crippen LogP contribution is -2.27. The van der Waals surface area contributed by atoms with E-state index >= 15 is 0 Å². The SMILES string of the molecule is C#Cc1ccc(CC2CCC(C(C(=O)CCc3ccccc3)c3ccc(C4=CC(C)C=C4)cc3)CC2)cc1CCCC1CCCC1. The standard InChI is InChI=1S/C45H52O/c1-3-38-22-19-37(32-42(38)15-9-14-34-12-7-8-13-34)31-36-17-23-40(24-18-36)45(44(46)29-20-35-10-5-4-6-11-35)41-27-25-39(26-28-41)43-21-16-33(2)30-43/h1,4-6,10-11,16,19,21-22,25-28,30,32-34,36,40,45H,7-9,12-15,17-18,20,23-24,29,31H2,2H3. The third kappa shape index (κ3) is 8.39. The number of carbonyl (C=O) groups is 1. The molecule has 6 rings (SSSR count). The summed E-state index contributed by atoms with van der Waals surface area (Å²) in [7, 11) is 0. The average Bonchev–Trinajstić information content (AvgIpc) is 3.78. The molecule has 3 aromatic carbocycles. The zero-order valence-corrected chi connectivity index (χ0v) is 27.9. The van der Waals surface area contributed by atoms with Gasteiger partial charge in [-0.05, 0) is 114 Å². The fourth-order valence-electron chi connectivity index (χ4n) is 8.57. The van der Waals surface area contributed by atoms with Crippen molar-refractivity contribution in [2.45, 2.75) is 103 Å². The van der Waals surface area contributed by atoms with Crippen LogP contribution in [0.25, 0.3) is 5.57 Å². The molecule has 0 radical (unpaired) electrons. The molecule has 1 nitrogen and oxygen atoms in total. The minimum Gasteiger partial charge on any atom is -0.299 e. The average molecular weight is 609 g/mol. The molecule has 0 saturated heterocycles. The van der Waals surface area contributed by atoms with Gasteiger partial charge in [-0.2, -0.15) is 0 Å². The van der Waals surface area contributed by atoms with Crippen LogP contribution in [-0.4, -0.2) is 5.78 Å². The number of terminal acetylenes is 1. The Morgan fingerprint density at radius 1 is 0.848 bits per heavy atom. The van der Waals surface area contributed by atoms with Gasteiger partial charge in [-0.3, -0.25) is 4.79 Å². The number of hydrogen-bond acceptors (Lipinski definition) is 1. The van der Waals surface area contributed by atoms with Gasteiger partial charge in [0.2, 0.25) is 0 Å². The molecule has 0 spiro atoms. The number of carbonyl (C=O) groups excluding carboxylic acids is 1. The highest BCUT2D eigenvalue weighted by Crippen LogP contribution is 2.41. The summed E-state index contributed by atoms with van der Waals surface area (Å²) in [6, 6.07) is 26.3.